The third kappa shape index (κ3) is 2.66. The highest BCUT2D eigenvalue weighted by atomic mass is 32.1. The molecule has 0 saturated carbocycles. The number of aryl methyl sites for hydroxylation is 1. The summed E-state index contributed by atoms with van der Waals surface area (Å²) in [4.78, 5) is 9.61. The standard InChI is InChI=1S/C16H18N4OS/c1-3-5-11-6-7-12(14(15(11)22)21-4-2)13-10-20-16(19-13)17-8-9-18-20/h6-10,22H,3-5H2,1-2H3. The van der Waals surface area contributed by atoms with E-state index in [4.69, 9.17) is 4.74 Å². The summed E-state index contributed by atoms with van der Waals surface area (Å²) >= 11 is 4.67. The fraction of sp³-hybridized carbons (Fsp3) is 0.312. The van der Waals surface area contributed by atoms with Crippen LogP contribution in [0.25, 0.3) is 17.0 Å². The number of fused-ring (bicyclic) bond motifs is 1. The van der Waals surface area contributed by atoms with E-state index in [2.05, 4.69) is 40.7 Å². The van der Waals surface area contributed by atoms with Crippen molar-refractivity contribution in [2.45, 2.75) is 31.6 Å². The maximum Gasteiger partial charge on any atom is 0.251 e. The average molecular weight is 314 g/mol. The Kier molecular flexibility index (Phi) is 4.29. The van der Waals surface area contributed by atoms with Crippen molar-refractivity contribution in [2.75, 3.05) is 6.61 Å². The predicted octanol–water partition coefficient (Wildman–Crippen LogP) is 3.43. The molecule has 0 fully saturated rings. The summed E-state index contributed by atoms with van der Waals surface area (Å²) in [6, 6.07) is 4.13. The van der Waals surface area contributed by atoms with Crippen molar-refractivity contribution in [3.63, 3.8) is 0 Å². The number of benzene rings is 1. The van der Waals surface area contributed by atoms with Crippen LogP contribution in [0.3, 0.4) is 0 Å². The predicted molar refractivity (Wildman–Crippen MR) is 88.6 cm³/mol. The molecule has 0 atom stereocenters. The summed E-state index contributed by atoms with van der Waals surface area (Å²) in [6.07, 6.45) is 7.17. The maximum atomic E-state index is 5.84. The van der Waals surface area contributed by atoms with Gasteiger partial charge < -0.3 is 4.74 Å². The van der Waals surface area contributed by atoms with Crippen LogP contribution in [0.2, 0.25) is 0 Å². The van der Waals surface area contributed by atoms with Crippen LogP contribution in [0.5, 0.6) is 5.75 Å². The second-order valence-electron chi connectivity index (χ2n) is 4.95. The first-order valence-corrected chi connectivity index (χ1v) is 7.83. The van der Waals surface area contributed by atoms with Crippen molar-refractivity contribution >= 4 is 18.4 Å². The first-order chi connectivity index (χ1) is 10.7. The average Bonchev–Trinajstić information content (AvgIpc) is 2.95. The Morgan fingerprint density at radius 2 is 2.09 bits per heavy atom. The maximum absolute atomic E-state index is 5.84. The van der Waals surface area contributed by atoms with Gasteiger partial charge in [-0.3, -0.25) is 0 Å². The second kappa shape index (κ2) is 6.36. The molecule has 6 heteroatoms. The molecule has 0 amide bonds. The first-order valence-electron chi connectivity index (χ1n) is 7.39. The van der Waals surface area contributed by atoms with Crippen LogP contribution in [-0.2, 0) is 6.42 Å². The van der Waals surface area contributed by atoms with Crippen molar-refractivity contribution in [3.8, 4) is 17.0 Å². The molecule has 0 spiro atoms. The molecule has 2 heterocycles. The number of hydrogen-bond donors (Lipinski definition) is 1. The zero-order valence-electron chi connectivity index (χ0n) is 12.7. The minimum Gasteiger partial charge on any atom is -0.492 e. The normalized spacial score (nSPS) is 11.0. The molecule has 0 aliphatic carbocycles. The SMILES string of the molecule is CCCc1ccc(-c2cn3nccnc3n2)c(OCC)c1S. The number of thiol groups is 1. The van der Waals surface area contributed by atoms with E-state index >= 15 is 0 Å². The quantitative estimate of drug-likeness (QED) is 0.733. The summed E-state index contributed by atoms with van der Waals surface area (Å²) in [5.74, 6) is 1.35. The van der Waals surface area contributed by atoms with Crippen LogP contribution in [0.1, 0.15) is 25.8 Å². The van der Waals surface area contributed by atoms with Crippen molar-refractivity contribution in [3.05, 3.63) is 36.3 Å². The van der Waals surface area contributed by atoms with E-state index in [0.717, 1.165) is 34.7 Å². The third-order valence-corrected chi connectivity index (χ3v) is 3.91. The monoisotopic (exact) mass is 314 g/mol. The van der Waals surface area contributed by atoms with Gasteiger partial charge in [0.25, 0.3) is 5.78 Å². The van der Waals surface area contributed by atoms with Crippen molar-refractivity contribution in [1.82, 2.24) is 19.6 Å². The van der Waals surface area contributed by atoms with Crippen molar-refractivity contribution < 1.29 is 4.74 Å². The van der Waals surface area contributed by atoms with Crippen LogP contribution in [0.15, 0.2) is 35.6 Å². The number of hydrogen-bond acceptors (Lipinski definition) is 5. The highest BCUT2D eigenvalue weighted by molar-refractivity contribution is 7.80. The van der Waals surface area contributed by atoms with Gasteiger partial charge in [0, 0.05) is 5.56 Å². The smallest absolute Gasteiger partial charge is 0.251 e. The minimum absolute atomic E-state index is 0.568. The fourth-order valence-electron chi connectivity index (χ4n) is 2.44. The van der Waals surface area contributed by atoms with E-state index in [1.165, 1.54) is 5.56 Å². The summed E-state index contributed by atoms with van der Waals surface area (Å²) < 4.78 is 7.49. The van der Waals surface area contributed by atoms with Gasteiger partial charge in [0.2, 0.25) is 0 Å². The Bertz CT molecular complexity index is 767. The number of aromatic nitrogens is 4. The Morgan fingerprint density at radius 3 is 2.82 bits per heavy atom. The van der Waals surface area contributed by atoms with Gasteiger partial charge in [-0.1, -0.05) is 19.4 Å². The Labute approximate surface area is 134 Å². The number of ether oxygens (including phenoxy) is 1. The molecular formula is C16H18N4OS. The van der Waals surface area contributed by atoms with Gasteiger partial charge in [0.1, 0.15) is 5.75 Å². The molecule has 0 aliphatic rings. The molecule has 0 N–H and O–H groups in total. The summed E-state index contributed by atoms with van der Waals surface area (Å²) in [5, 5.41) is 4.20. The van der Waals surface area contributed by atoms with Gasteiger partial charge in [-0.15, -0.1) is 12.6 Å². The zero-order chi connectivity index (χ0) is 15.5. The fourth-order valence-corrected chi connectivity index (χ4v) is 2.81. The lowest BCUT2D eigenvalue weighted by molar-refractivity contribution is 0.333. The highest BCUT2D eigenvalue weighted by Gasteiger charge is 2.16. The van der Waals surface area contributed by atoms with Crippen LogP contribution in [-0.4, -0.2) is 26.2 Å². The van der Waals surface area contributed by atoms with E-state index in [1.807, 2.05) is 19.2 Å². The Balaban J connectivity index is 2.14. The molecule has 0 aliphatic heterocycles. The lowest BCUT2D eigenvalue weighted by Gasteiger charge is -2.14. The largest absolute Gasteiger partial charge is 0.492 e. The van der Waals surface area contributed by atoms with Gasteiger partial charge in [0.05, 0.1) is 35.8 Å². The molecule has 22 heavy (non-hydrogen) atoms. The van der Waals surface area contributed by atoms with E-state index in [-0.39, 0.29) is 0 Å². The van der Waals surface area contributed by atoms with Crippen LogP contribution in [0, 0.1) is 0 Å². The topological polar surface area (TPSA) is 52.3 Å². The molecule has 3 rings (SSSR count). The molecule has 0 bridgehead atoms. The van der Waals surface area contributed by atoms with Gasteiger partial charge in [-0.25, -0.2) is 14.5 Å². The molecule has 1 aromatic carbocycles. The summed E-state index contributed by atoms with van der Waals surface area (Å²) in [7, 11) is 0. The number of imidazole rings is 1. The van der Waals surface area contributed by atoms with Crippen LogP contribution < -0.4 is 4.74 Å². The third-order valence-electron chi connectivity index (χ3n) is 3.42. The van der Waals surface area contributed by atoms with E-state index < -0.39 is 0 Å². The number of rotatable bonds is 5. The lowest BCUT2D eigenvalue weighted by atomic mass is 10.0. The lowest BCUT2D eigenvalue weighted by Crippen LogP contribution is -1.98. The second-order valence-corrected chi connectivity index (χ2v) is 5.39. The minimum atomic E-state index is 0.568. The summed E-state index contributed by atoms with van der Waals surface area (Å²) in [6.45, 7) is 4.71. The van der Waals surface area contributed by atoms with Gasteiger partial charge in [-0.2, -0.15) is 5.10 Å². The van der Waals surface area contributed by atoms with Crippen molar-refractivity contribution in [1.29, 1.82) is 0 Å². The van der Waals surface area contributed by atoms with Crippen LogP contribution >= 0.6 is 12.6 Å². The van der Waals surface area contributed by atoms with E-state index in [9.17, 15) is 0 Å². The zero-order valence-corrected chi connectivity index (χ0v) is 13.5. The molecule has 0 unspecified atom stereocenters. The van der Waals surface area contributed by atoms with E-state index in [1.54, 1.807) is 16.9 Å². The van der Waals surface area contributed by atoms with Crippen molar-refractivity contribution in [2.24, 2.45) is 0 Å². The number of nitrogens with zero attached hydrogens (tertiary/aromatic N) is 4. The highest BCUT2D eigenvalue weighted by Crippen LogP contribution is 2.37. The van der Waals surface area contributed by atoms with Crippen LogP contribution in [0.4, 0.5) is 0 Å². The molecule has 5 nitrogen and oxygen atoms in total. The molecular weight excluding hydrogens is 296 g/mol. The first kappa shape index (κ1) is 14.8. The molecule has 0 saturated heterocycles. The molecule has 3 aromatic rings. The molecule has 2 aromatic heterocycles. The Hall–Kier alpha value is -2.08. The Morgan fingerprint density at radius 1 is 1.23 bits per heavy atom. The molecule has 114 valence electrons. The van der Waals surface area contributed by atoms with E-state index in [0.29, 0.717) is 12.4 Å². The summed E-state index contributed by atoms with van der Waals surface area (Å²) in [5.41, 5.74) is 2.89. The van der Waals surface area contributed by atoms with Gasteiger partial charge in [-0.05, 0) is 25.0 Å². The van der Waals surface area contributed by atoms with Gasteiger partial charge >= 0.3 is 0 Å². The van der Waals surface area contributed by atoms with Gasteiger partial charge in [0.15, 0.2) is 0 Å². The molecule has 0 radical (unpaired) electrons.